The Morgan fingerprint density at radius 2 is 2.23 bits per heavy atom. The molecule has 0 aromatic carbocycles. The van der Waals surface area contributed by atoms with Crippen LogP contribution in [0, 0.1) is 0 Å². The molecule has 0 aliphatic carbocycles. The summed E-state index contributed by atoms with van der Waals surface area (Å²) in [4.78, 5) is 20.6. The molecule has 0 saturated carbocycles. The molecule has 3 rings (SSSR count). The van der Waals surface area contributed by atoms with Crippen molar-refractivity contribution in [1.82, 2.24) is 30.2 Å². The van der Waals surface area contributed by atoms with Gasteiger partial charge in [0.1, 0.15) is 5.56 Å². The van der Waals surface area contributed by atoms with Gasteiger partial charge in [-0.3, -0.25) is 9.48 Å². The zero-order valence-corrected chi connectivity index (χ0v) is 14.6. The van der Waals surface area contributed by atoms with E-state index in [-0.39, 0.29) is 24.2 Å². The van der Waals surface area contributed by atoms with E-state index in [1.165, 1.54) is 11.8 Å². The molecule has 0 spiro atoms. The van der Waals surface area contributed by atoms with Gasteiger partial charge in [-0.05, 0) is 13.0 Å². The summed E-state index contributed by atoms with van der Waals surface area (Å²) < 4.78 is 17.0. The molecule has 10 heteroatoms. The summed E-state index contributed by atoms with van der Waals surface area (Å²) in [5.41, 5.74) is 1.01. The Bertz CT molecular complexity index is 887. The van der Waals surface area contributed by atoms with Crippen molar-refractivity contribution in [3.8, 4) is 23.1 Å². The van der Waals surface area contributed by atoms with Crippen molar-refractivity contribution >= 4 is 5.91 Å². The highest BCUT2D eigenvalue weighted by atomic mass is 16.5. The van der Waals surface area contributed by atoms with Crippen LogP contribution in [0.15, 0.2) is 29.0 Å². The number of hydrogen-bond donors (Lipinski definition) is 1. The first kappa shape index (κ1) is 17.4. The molecule has 0 saturated heterocycles. The lowest BCUT2D eigenvalue weighted by Crippen LogP contribution is -2.23. The van der Waals surface area contributed by atoms with Crippen molar-refractivity contribution in [2.24, 2.45) is 7.05 Å². The van der Waals surface area contributed by atoms with Crippen molar-refractivity contribution in [3.63, 3.8) is 0 Å². The number of amides is 1. The first-order valence-corrected chi connectivity index (χ1v) is 7.88. The Morgan fingerprint density at radius 3 is 2.92 bits per heavy atom. The molecule has 0 bridgehead atoms. The maximum atomic E-state index is 12.2. The molecule has 0 aliphatic rings. The highest BCUT2D eigenvalue weighted by molar-refractivity contribution is 5.96. The van der Waals surface area contributed by atoms with Crippen LogP contribution in [-0.2, 0) is 13.6 Å². The normalized spacial score (nSPS) is 10.6. The Kier molecular flexibility index (Phi) is 5.11. The van der Waals surface area contributed by atoms with E-state index in [9.17, 15) is 4.79 Å². The Morgan fingerprint density at radius 1 is 1.38 bits per heavy atom. The third-order valence-corrected chi connectivity index (χ3v) is 3.39. The van der Waals surface area contributed by atoms with Crippen molar-refractivity contribution < 1.29 is 18.8 Å². The van der Waals surface area contributed by atoms with Gasteiger partial charge >= 0.3 is 0 Å². The van der Waals surface area contributed by atoms with Crippen LogP contribution in [-0.4, -0.2) is 44.5 Å². The van der Waals surface area contributed by atoms with E-state index in [1.54, 1.807) is 31.6 Å². The van der Waals surface area contributed by atoms with Crippen LogP contribution in [0.2, 0.25) is 0 Å². The fraction of sp³-hybridized carbons (Fsp3) is 0.312. The highest BCUT2D eigenvalue weighted by Crippen LogP contribution is 2.18. The van der Waals surface area contributed by atoms with Gasteiger partial charge in [0, 0.05) is 31.1 Å². The number of nitrogens with one attached hydrogen (secondary N) is 1. The van der Waals surface area contributed by atoms with Gasteiger partial charge in [0.25, 0.3) is 5.91 Å². The summed E-state index contributed by atoms with van der Waals surface area (Å²) in [5, 5.41) is 10.6. The second-order valence-corrected chi connectivity index (χ2v) is 5.24. The second-order valence-electron chi connectivity index (χ2n) is 5.24. The molecule has 0 aliphatic heterocycles. The molecular formula is C16H18N6O4. The number of carbonyl (C=O) groups is 1. The van der Waals surface area contributed by atoms with Crippen LogP contribution in [0.25, 0.3) is 11.4 Å². The van der Waals surface area contributed by atoms with Gasteiger partial charge in [0.05, 0.1) is 20.3 Å². The topological polar surface area (TPSA) is 117 Å². The molecule has 3 heterocycles. The first-order chi connectivity index (χ1) is 12.6. The molecule has 26 heavy (non-hydrogen) atoms. The minimum absolute atomic E-state index is 0.0777. The number of aryl methyl sites for hydroxylation is 1. The van der Waals surface area contributed by atoms with E-state index in [2.05, 4.69) is 25.5 Å². The number of methoxy groups -OCH3 is 1. The number of pyridine rings is 1. The largest absolute Gasteiger partial charge is 0.479 e. The van der Waals surface area contributed by atoms with Gasteiger partial charge in [0.2, 0.25) is 23.5 Å². The zero-order valence-electron chi connectivity index (χ0n) is 14.6. The SMILES string of the molecule is CCOc1ccc(-c2noc(CNC(=O)c3cn(C)nc3OC)n2)cn1. The van der Waals surface area contributed by atoms with Gasteiger partial charge < -0.3 is 19.3 Å². The lowest BCUT2D eigenvalue weighted by molar-refractivity contribution is 0.0943. The van der Waals surface area contributed by atoms with Gasteiger partial charge in [-0.1, -0.05) is 5.16 Å². The van der Waals surface area contributed by atoms with Crippen molar-refractivity contribution in [3.05, 3.63) is 36.0 Å². The van der Waals surface area contributed by atoms with E-state index >= 15 is 0 Å². The molecule has 0 atom stereocenters. The van der Waals surface area contributed by atoms with E-state index in [1.807, 2.05) is 6.92 Å². The lowest BCUT2D eigenvalue weighted by atomic mass is 10.3. The average Bonchev–Trinajstić information content (AvgIpc) is 3.27. The van der Waals surface area contributed by atoms with Crippen molar-refractivity contribution in [1.29, 1.82) is 0 Å². The van der Waals surface area contributed by atoms with Crippen LogP contribution in [0.5, 0.6) is 11.8 Å². The molecular weight excluding hydrogens is 340 g/mol. The quantitative estimate of drug-likeness (QED) is 0.669. The number of hydrogen-bond acceptors (Lipinski definition) is 8. The fourth-order valence-electron chi connectivity index (χ4n) is 2.22. The number of ether oxygens (including phenoxy) is 2. The standard InChI is InChI=1S/C16H18N6O4/c1-4-25-12-6-5-10(7-17-12)14-19-13(26-21-14)8-18-15(23)11-9-22(2)20-16(11)24-3/h5-7,9H,4,8H2,1-3H3,(H,18,23). The molecule has 3 aromatic heterocycles. The third-order valence-electron chi connectivity index (χ3n) is 3.39. The number of carbonyl (C=O) groups excluding carboxylic acids is 1. The Labute approximate surface area is 149 Å². The fourth-order valence-corrected chi connectivity index (χ4v) is 2.22. The summed E-state index contributed by atoms with van der Waals surface area (Å²) in [6.07, 6.45) is 3.16. The van der Waals surface area contributed by atoms with Crippen LogP contribution in [0.4, 0.5) is 0 Å². The van der Waals surface area contributed by atoms with E-state index in [0.717, 1.165) is 0 Å². The van der Waals surface area contributed by atoms with Crippen molar-refractivity contribution in [2.75, 3.05) is 13.7 Å². The molecule has 10 nitrogen and oxygen atoms in total. The minimum atomic E-state index is -0.350. The van der Waals surface area contributed by atoms with Crippen molar-refractivity contribution in [2.45, 2.75) is 13.5 Å². The summed E-state index contributed by atoms with van der Waals surface area (Å²) in [6, 6.07) is 3.51. The maximum absolute atomic E-state index is 12.2. The van der Waals surface area contributed by atoms with E-state index in [0.29, 0.717) is 29.4 Å². The summed E-state index contributed by atoms with van der Waals surface area (Å²) in [5.74, 6) is 1.07. The van der Waals surface area contributed by atoms with E-state index in [4.69, 9.17) is 14.0 Å². The molecule has 0 fully saturated rings. The van der Waals surface area contributed by atoms with Gasteiger partial charge in [-0.25, -0.2) is 4.98 Å². The predicted octanol–water partition coefficient (Wildman–Crippen LogP) is 1.20. The maximum Gasteiger partial charge on any atom is 0.258 e. The summed E-state index contributed by atoms with van der Waals surface area (Å²) >= 11 is 0. The Balaban J connectivity index is 1.64. The molecule has 1 amide bonds. The molecule has 0 unspecified atom stereocenters. The molecule has 0 radical (unpaired) electrons. The number of aromatic nitrogens is 5. The average molecular weight is 358 g/mol. The zero-order chi connectivity index (χ0) is 18.5. The van der Waals surface area contributed by atoms with Crippen LogP contribution in [0.1, 0.15) is 23.2 Å². The number of rotatable bonds is 7. The number of nitrogens with zero attached hydrogens (tertiary/aromatic N) is 5. The monoisotopic (exact) mass is 358 g/mol. The Hall–Kier alpha value is -3.43. The minimum Gasteiger partial charge on any atom is -0.479 e. The van der Waals surface area contributed by atoms with Gasteiger partial charge in [0.15, 0.2) is 0 Å². The molecule has 136 valence electrons. The highest BCUT2D eigenvalue weighted by Gasteiger charge is 2.17. The predicted molar refractivity (Wildman–Crippen MR) is 89.6 cm³/mol. The molecule has 3 aromatic rings. The second kappa shape index (κ2) is 7.64. The summed E-state index contributed by atoms with van der Waals surface area (Å²) in [7, 11) is 3.16. The van der Waals surface area contributed by atoms with Crippen LogP contribution in [0.3, 0.4) is 0 Å². The first-order valence-electron chi connectivity index (χ1n) is 7.88. The van der Waals surface area contributed by atoms with E-state index < -0.39 is 0 Å². The van der Waals surface area contributed by atoms with Gasteiger partial charge in [-0.2, -0.15) is 4.98 Å². The molecule has 1 N–H and O–H groups in total. The summed E-state index contributed by atoms with van der Waals surface area (Å²) in [6.45, 7) is 2.50. The van der Waals surface area contributed by atoms with Gasteiger partial charge in [-0.15, -0.1) is 5.10 Å². The lowest BCUT2D eigenvalue weighted by Gasteiger charge is -2.01. The van der Waals surface area contributed by atoms with Crippen LogP contribution < -0.4 is 14.8 Å². The third kappa shape index (κ3) is 3.79. The van der Waals surface area contributed by atoms with Crippen LogP contribution >= 0.6 is 0 Å². The smallest absolute Gasteiger partial charge is 0.258 e.